The zero-order chi connectivity index (χ0) is 12.1. The molecule has 0 saturated heterocycles. The van der Waals surface area contributed by atoms with Crippen LogP contribution in [0, 0.1) is 0 Å². The summed E-state index contributed by atoms with van der Waals surface area (Å²) in [6.45, 7) is 0.0567. The highest BCUT2D eigenvalue weighted by Gasteiger charge is 2.03. The van der Waals surface area contributed by atoms with E-state index in [1.807, 2.05) is 54.6 Å². The largest absolute Gasteiger partial charge is 0.750 e. The fourth-order valence-electron chi connectivity index (χ4n) is 1.66. The van der Waals surface area contributed by atoms with Gasteiger partial charge in [-0.1, -0.05) is 54.6 Å². The summed E-state index contributed by atoms with van der Waals surface area (Å²) in [5, 5.41) is 0. The van der Waals surface area contributed by atoms with Crippen molar-refractivity contribution in [3.63, 3.8) is 0 Å². The van der Waals surface area contributed by atoms with Crippen LogP contribution >= 0.6 is 0 Å². The normalized spacial score (nSPS) is 12.3. The van der Waals surface area contributed by atoms with Crippen LogP contribution in [0.25, 0.3) is 11.1 Å². The lowest BCUT2D eigenvalue weighted by atomic mass is 10.0. The predicted molar refractivity (Wildman–Crippen MR) is 65.6 cm³/mol. The second-order valence-electron chi connectivity index (χ2n) is 3.49. The van der Waals surface area contributed by atoms with Gasteiger partial charge in [0.15, 0.2) is 0 Å². The molecule has 0 aliphatic heterocycles. The van der Waals surface area contributed by atoms with Gasteiger partial charge in [-0.3, -0.25) is 4.18 Å². The second-order valence-corrected chi connectivity index (χ2v) is 4.13. The highest BCUT2D eigenvalue weighted by molar-refractivity contribution is 7.74. The van der Waals surface area contributed by atoms with Crippen LogP contribution in [0.2, 0.25) is 0 Å². The van der Waals surface area contributed by atoms with E-state index in [0.717, 1.165) is 16.7 Å². The van der Waals surface area contributed by atoms with Crippen LogP contribution < -0.4 is 0 Å². The lowest BCUT2D eigenvalue weighted by molar-refractivity contribution is 0.291. The minimum absolute atomic E-state index is 0.0567. The molecule has 0 heterocycles. The van der Waals surface area contributed by atoms with E-state index in [-0.39, 0.29) is 6.61 Å². The van der Waals surface area contributed by atoms with Crippen molar-refractivity contribution < 1.29 is 12.9 Å². The number of rotatable bonds is 4. The van der Waals surface area contributed by atoms with E-state index >= 15 is 0 Å². The summed E-state index contributed by atoms with van der Waals surface area (Å²) in [5.41, 5.74) is 2.88. The van der Waals surface area contributed by atoms with Crippen molar-refractivity contribution in [1.82, 2.24) is 0 Å². The van der Waals surface area contributed by atoms with Crippen LogP contribution in [0.1, 0.15) is 5.56 Å². The highest BCUT2D eigenvalue weighted by Crippen LogP contribution is 2.23. The van der Waals surface area contributed by atoms with E-state index in [0.29, 0.717) is 0 Å². The first-order valence-corrected chi connectivity index (χ1v) is 6.13. The third kappa shape index (κ3) is 3.23. The van der Waals surface area contributed by atoms with Crippen LogP contribution in [0.5, 0.6) is 0 Å². The summed E-state index contributed by atoms with van der Waals surface area (Å²) in [7, 11) is 0. The van der Waals surface area contributed by atoms with Gasteiger partial charge in [-0.25, -0.2) is 4.21 Å². The van der Waals surface area contributed by atoms with Crippen molar-refractivity contribution in [2.45, 2.75) is 6.61 Å². The van der Waals surface area contributed by atoms with Gasteiger partial charge in [0.05, 0.1) is 18.0 Å². The van der Waals surface area contributed by atoms with Gasteiger partial charge in [-0.15, -0.1) is 0 Å². The van der Waals surface area contributed by atoms with Crippen molar-refractivity contribution in [3.8, 4) is 11.1 Å². The Labute approximate surface area is 103 Å². The van der Waals surface area contributed by atoms with Crippen LogP contribution in [-0.2, 0) is 22.2 Å². The van der Waals surface area contributed by atoms with Crippen LogP contribution in [-0.4, -0.2) is 8.76 Å². The molecule has 3 nitrogen and oxygen atoms in total. The SMILES string of the molecule is O=S([O-])OCc1ccccc1-c1ccccc1. The molecule has 0 aromatic heterocycles. The summed E-state index contributed by atoms with van der Waals surface area (Å²) >= 11 is -2.48. The molecule has 0 fully saturated rings. The number of hydrogen-bond donors (Lipinski definition) is 0. The summed E-state index contributed by atoms with van der Waals surface area (Å²) in [5.74, 6) is 0. The molecule has 0 aliphatic carbocycles. The average Bonchev–Trinajstić information content (AvgIpc) is 2.38. The first-order chi connectivity index (χ1) is 8.27. The van der Waals surface area contributed by atoms with Gasteiger partial charge in [-0.05, 0) is 16.7 Å². The Morgan fingerprint density at radius 2 is 1.65 bits per heavy atom. The molecule has 1 atom stereocenters. The zero-order valence-electron chi connectivity index (χ0n) is 9.04. The molecular weight excluding hydrogens is 236 g/mol. The van der Waals surface area contributed by atoms with Gasteiger partial charge in [0.25, 0.3) is 0 Å². The Bertz CT molecular complexity index is 511. The number of hydrogen-bond acceptors (Lipinski definition) is 3. The molecule has 2 rings (SSSR count). The average molecular weight is 247 g/mol. The molecule has 2 aromatic carbocycles. The van der Waals surface area contributed by atoms with Crippen LogP contribution in [0.4, 0.5) is 0 Å². The number of benzene rings is 2. The zero-order valence-corrected chi connectivity index (χ0v) is 9.85. The smallest absolute Gasteiger partial charge is 0.0885 e. The molecule has 17 heavy (non-hydrogen) atoms. The monoisotopic (exact) mass is 247 g/mol. The quantitative estimate of drug-likeness (QED) is 0.780. The Hall–Kier alpha value is -1.49. The topological polar surface area (TPSA) is 49.4 Å². The van der Waals surface area contributed by atoms with Crippen molar-refractivity contribution >= 4 is 11.4 Å². The molecule has 0 spiro atoms. The van der Waals surface area contributed by atoms with Crippen molar-refractivity contribution in [2.75, 3.05) is 0 Å². The maximum absolute atomic E-state index is 10.4. The predicted octanol–water partition coefficient (Wildman–Crippen LogP) is 2.66. The molecule has 0 N–H and O–H groups in total. The second kappa shape index (κ2) is 5.72. The van der Waals surface area contributed by atoms with Crippen molar-refractivity contribution in [2.24, 2.45) is 0 Å². The minimum Gasteiger partial charge on any atom is -0.750 e. The van der Waals surface area contributed by atoms with Gasteiger partial charge >= 0.3 is 0 Å². The van der Waals surface area contributed by atoms with E-state index in [9.17, 15) is 8.76 Å². The maximum atomic E-state index is 10.4. The molecule has 0 bridgehead atoms. The fourth-order valence-corrected chi connectivity index (χ4v) is 1.88. The molecule has 4 heteroatoms. The van der Waals surface area contributed by atoms with Gasteiger partial charge in [0, 0.05) is 0 Å². The molecule has 0 saturated carbocycles. The van der Waals surface area contributed by atoms with Crippen molar-refractivity contribution in [3.05, 3.63) is 60.2 Å². The van der Waals surface area contributed by atoms with E-state index in [4.69, 9.17) is 0 Å². The van der Waals surface area contributed by atoms with E-state index in [1.165, 1.54) is 0 Å². The van der Waals surface area contributed by atoms with Crippen molar-refractivity contribution in [1.29, 1.82) is 0 Å². The lowest BCUT2D eigenvalue weighted by Gasteiger charge is -2.10. The first-order valence-electron chi connectivity index (χ1n) is 5.13. The molecule has 1 unspecified atom stereocenters. The molecule has 0 amide bonds. The lowest BCUT2D eigenvalue weighted by Crippen LogP contribution is -1.97. The summed E-state index contributed by atoms with van der Waals surface area (Å²) < 4.78 is 25.4. The molecular formula is C13H11O3S-. The van der Waals surface area contributed by atoms with E-state index in [2.05, 4.69) is 4.18 Å². The maximum Gasteiger partial charge on any atom is 0.0885 e. The van der Waals surface area contributed by atoms with Gasteiger partial charge in [0.1, 0.15) is 0 Å². The molecule has 0 aliphatic rings. The Balaban J connectivity index is 2.31. The summed E-state index contributed by atoms with van der Waals surface area (Å²) in [4.78, 5) is 0. The molecule has 0 radical (unpaired) electrons. The molecule has 2 aromatic rings. The Morgan fingerprint density at radius 3 is 2.35 bits per heavy atom. The Morgan fingerprint density at radius 1 is 1.00 bits per heavy atom. The first kappa shape index (κ1) is 12.0. The standard InChI is InChI=1S/C13H12O3S/c14-17(15)16-10-12-8-4-5-9-13(12)11-6-2-1-3-7-11/h1-9H,10H2,(H,14,15)/p-1. The van der Waals surface area contributed by atoms with E-state index in [1.54, 1.807) is 0 Å². The third-order valence-corrected chi connectivity index (χ3v) is 2.72. The Kier molecular flexibility index (Phi) is 4.03. The third-order valence-electron chi connectivity index (χ3n) is 2.41. The van der Waals surface area contributed by atoms with Gasteiger partial charge in [-0.2, -0.15) is 0 Å². The minimum atomic E-state index is -2.48. The molecule has 88 valence electrons. The van der Waals surface area contributed by atoms with Crippen LogP contribution in [0.15, 0.2) is 54.6 Å². The highest BCUT2D eigenvalue weighted by atomic mass is 32.2. The van der Waals surface area contributed by atoms with Gasteiger partial charge in [0.2, 0.25) is 0 Å². The van der Waals surface area contributed by atoms with Crippen LogP contribution in [0.3, 0.4) is 0 Å². The fraction of sp³-hybridized carbons (Fsp3) is 0.0769. The summed E-state index contributed by atoms with van der Waals surface area (Å²) in [6.07, 6.45) is 0. The summed E-state index contributed by atoms with van der Waals surface area (Å²) in [6, 6.07) is 17.4. The van der Waals surface area contributed by atoms with Gasteiger partial charge < -0.3 is 4.55 Å². The van der Waals surface area contributed by atoms with E-state index < -0.39 is 11.4 Å².